The van der Waals surface area contributed by atoms with Crippen LogP contribution in [-0.2, 0) is 30.9 Å². The monoisotopic (exact) mass is 429 g/mol. The van der Waals surface area contributed by atoms with Gasteiger partial charge in [0.1, 0.15) is 12.4 Å². The van der Waals surface area contributed by atoms with E-state index in [1.54, 1.807) is 0 Å². The van der Waals surface area contributed by atoms with Crippen molar-refractivity contribution in [1.82, 2.24) is 19.3 Å². The number of carbonyl (C=O) groups is 1. The first-order chi connectivity index (χ1) is 15.5. The standard InChI is InChI=1S/C25H27N5O2/c1-4-30-19(14-21(28-30)20-9-7-16(2)12-17(20)3)15-32-25(31)26-18-8-10-23-22(13-18)27-24-6-5-11-29(23)24/h7-10,12-14H,4-6,11,15H2,1-3H3,(H,26,31). The van der Waals surface area contributed by atoms with Gasteiger partial charge in [-0.15, -0.1) is 0 Å². The SMILES string of the molecule is CCn1nc(-c2ccc(C)cc2C)cc1COC(=O)Nc1ccc2c(c1)nc1n2CCC1. The van der Waals surface area contributed by atoms with E-state index < -0.39 is 6.09 Å². The molecule has 2 aromatic heterocycles. The van der Waals surface area contributed by atoms with Crippen molar-refractivity contribution in [1.29, 1.82) is 0 Å². The summed E-state index contributed by atoms with van der Waals surface area (Å²) in [5, 5.41) is 7.52. The van der Waals surface area contributed by atoms with E-state index in [1.807, 2.05) is 35.9 Å². The Morgan fingerprint density at radius 1 is 1.16 bits per heavy atom. The van der Waals surface area contributed by atoms with Gasteiger partial charge < -0.3 is 9.30 Å². The van der Waals surface area contributed by atoms with Crippen LogP contribution < -0.4 is 5.32 Å². The van der Waals surface area contributed by atoms with Crippen molar-refractivity contribution < 1.29 is 9.53 Å². The number of hydrogen-bond donors (Lipinski definition) is 1. The molecule has 164 valence electrons. The van der Waals surface area contributed by atoms with Crippen molar-refractivity contribution in [2.45, 2.75) is 53.3 Å². The van der Waals surface area contributed by atoms with Crippen molar-refractivity contribution >= 4 is 22.8 Å². The van der Waals surface area contributed by atoms with E-state index in [-0.39, 0.29) is 6.61 Å². The zero-order chi connectivity index (χ0) is 22.2. The number of aryl methyl sites for hydroxylation is 5. The van der Waals surface area contributed by atoms with Gasteiger partial charge in [0.05, 0.1) is 22.4 Å². The van der Waals surface area contributed by atoms with Crippen molar-refractivity contribution in [3.8, 4) is 11.3 Å². The van der Waals surface area contributed by atoms with Crippen molar-refractivity contribution in [3.05, 3.63) is 65.1 Å². The number of anilines is 1. The number of rotatable bonds is 5. The number of benzene rings is 2. The van der Waals surface area contributed by atoms with Gasteiger partial charge >= 0.3 is 6.09 Å². The molecule has 0 bridgehead atoms. The molecule has 0 fully saturated rings. The molecule has 2 aromatic carbocycles. The lowest BCUT2D eigenvalue weighted by molar-refractivity contribution is 0.151. The van der Waals surface area contributed by atoms with Gasteiger partial charge in [0.25, 0.3) is 0 Å². The molecule has 0 unspecified atom stereocenters. The Morgan fingerprint density at radius 2 is 2.03 bits per heavy atom. The second-order valence-corrected chi connectivity index (χ2v) is 8.34. The highest BCUT2D eigenvalue weighted by Crippen LogP contribution is 2.26. The molecule has 1 aliphatic rings. The molecule has 7 heteroatoms. The lowest BCUT2D eigenvalue weighted by atomic mass is 10.0. The predicted octanol–water partition coefficient (Wildman–Crippen LogP) is 5.23. The van der Waals surface area contributed by atoms with E-state index in [4.69, 9.17) is 9.84 Å². The summed E-state index contributed by atoms with van der Waals surface area (Å²) in [5.74, 6) is 1.12. The normalized spacial score (nSPS) is 12.8. The smallest absolute Gasteiger partial charge is 0.412 e. The lowest BCUT2D eigenvalue weighted by Crippen LogP contribution is -2.15. The third-order valence-electron chi connectivity index (χ3n) is 6.03. The fourth-order valence-electron chi connectivity index (χ4n) is 4.46. The van der Waals surface area contributed by atoms with Gasteiger partial charge in [-0.25, -0.2) is 9.78 Å². The minimum atomic E-state index is -0.493. The molecule has 0 radical (unpaired) electrons. The molecular weight excluding hydrogens is 402 g/mol. The van der Waals surface area contributed by atoms with E-state index in [9.17, 15) is 4.79 Å². The first-order valence-corrected chi connectivity index (χ1v) is 11.1. The number of fused-ring (bicyclic) bond motifs is 3. The number of ether oxygens (including phenoxy) is 1. The molecule has 0 spiro atoms. The van der Waals surface area contributed by atoms with Crippen LogP contribution >= 0.6 is 0 Å². The topological polar surface area (TPSA) is 74.0 Å². The van der Waals surface area contributed by atoms with Crippen LogP contribution in [0.3, 0.4) is 0 Å². The molecule has 0 atom stereocenters. The summed E-state index contributed by atoms with van der Waals surface area (Å²) >= 11 is 0. The Labute approximate surface area is 187 Å². The Balaban J connectivity index is 1.27. The van der Waals surface area contributed by atoms with E-state index in [1.165, 1.54) is 11.1 Å². The van der Waals surface area contributed by atoms with Gasteiger partial charge in [-0.2, -0.15) is 5.10 Å². The van der Waals surface area contributed by atoms with Crippen LogP contribution in [0.1, 0.15) is 36.0 Å². The zero-order valence-electron chi connectivity index (χ0n) is 18.7. The molecule has 4 aromatic rings. The quantitative estimate of drug-likeness (QED) is 0.471. The Hall–Kier alpha value is -3.61. The van der Waals surface area contributed by atoms with Crippen LogP contribution in [-0.4, -0.2) is 25.4 Å². The first-order valence-electron chi connectivity index (χ1n) is 11.1. The molecule has 32 heavy (non-hydrogen) atoms. The van der Waals surface area contributed by atoms with Crippen LogP contribution in [0.5, 0.6) is 0 Å². The number of nitrogens with one attached hydrogen (secondary N) is 1. The van der Waals surface area contributed by atoms with Gasteiger partial charge in [0.2, 0.25) is 0 Å². The number of carbonyl (C=O) groups excluding carboxylic acids is 1. The molecule has 3 heterocycles. The molecule has 1 aliphatic heterocycles. The maximum Gasteiger partial charge on any atom is 0.412 e. The van der Waals surface area contributed by atoms with Crippen LogP contribution in [0, 0.1) is 13.8 Å². The number of hydrogen-bond acceptors (Lipinski definition) is 4. The average molecular weight is 430 g/mol. The summed E-state index contributed by atoms with van der Waals surface area (Å²) in [7, 11) is 0. The highest BCUT2D eigenvalue weighted by atomic mass is 16.5. The van der Waals surface area contributed by atoms with Gasteiger partial charge in [-0.1, -0.05) is 23.8 Å². The summed E-state index contributed by atoms with van der Waals surface area (Å²) in [6.45, 7) is 8.06. The molecule has 1 amide bonds. The summed E-state index contributed by atoms with van der Waals surface area (Å²) in [6, 6.07) is 14.1. The van der Waals surface area contributed by atoms with Crippen molar-refractivity contribution in [3.63, 3.8) is 0 Å². The Morgan fingerprint density at radius 3 is 2.84 bits per heavy atom. The first kappa shape index (κ1) is 20.3. The van der Waals surface area contributed by atoms with Crippen molar-refractivity contribution in [2.24, 2.45) is 0 Å². The maximum absolute atomic E-state index is 12.4. The van der Waals surface area contributed by atoms with Crippen LogP contribution in [0.15, 0.2) is 42.5 Å². The number of aromatic nitrogens is 4. The molecule has 0 saturated heterocycles. The van der Waals surface area contributed by atoms with Gasteiger partial charge in [0, 0.05) is 30.8 Å². The fraction of sp³-hybridized carbons (Fsp3) is 0.320. The van der Waals surface area contributed by atoms with Gasteiger partial charge in [0.15, 0.2) is 0 Å². The highest BCUT2D eigenvalue weighted by molar-refractivity contribution is 5.89. The van der Waals surface area contributed by atoms with E-state index in [0.717, 1.165) is 53.2 Å². The second kappa shape index (κ2) is 8.15. The summed E-state index contributed by atoms with van der Waals surface area (Å²) in [6.07, 6.45) is 1.66. The molecule has 7 nitrogen and oxygen atoms in total. The number of amides is 1. The number of imidazole rings is 1. The molecule has 5 rings (SSSR count). The molecule has 0 saturated carbocycles. The minimum Gasteiger partial charge on any atom is -0.443 e. The largest absolute Gasteiger partial charge is 0.443 e. The van der Waals surface area contributed by atoms with E-state index in [2.05, 4.69) is 46.9 Å². The fourth-order valence-corrected chi connectivity index (χ4v) is 4.46. The highest BCUT2D eigenvalue weighted by Gasteiger charge is 2.17. The second-order valence-electron chi connectivity index (χ2n) is 8.34. The van der Waals surface area contributed by atoms with Crippen LogP contribution in [0.4, 0.5) is 10.5 Å². The lowest BCUT2D eigenvalue weighted by Gasteiger charge is -2.08. The minimum absolute atomic E-state index is 0.151. The third-order valence-corrected chi connectivity index (χ3v) is 6.03. The van der Waals surface area contributed by atoms with Crippen LogP contribution in [0.25, 0.3) is 22.3 Å². The van der Waals surface area contributed by atoms with Gasteiger partial charge in [-0.05, 0) is 57.0 Å². The maximum atomic E-state index is 12.4. The Bertz CT molecular complexity index is 1320. The molecular formula is C25H27N5O2. The summed E-state index contributed by atoms with van der Waals surface area (Å²) in [4.78, 5) is 17.1. The summed E-state index contributed by atoms with van der Waals surface area (Å²) in [5.41, 5.74) is 7.94. The average Bonchev–Trinajstić information content (AvgIpc) is 3.46. The molecule has 1 N–H and O–H groups in total. The third kappa shape index (κ3) is 3.75. The van der Waals surface area contributed by atoms with Crippen molar-refractivity contribution in [2.75, 3.05) is 5.32 Å². The predicted molar refractivity (Wildman–Crippen MR) is 125 cm³/mol. The van der Waals surface area contributed by atoms with E-state index >= 15 is 0 Å². The van der Waals surface area contributed by atoms with E-state index in [0.29, 0.717) is 12.2 Å². The number of nitrogens with zero attached hydrogens (tertiary/aromatic N) is 4. The van der Waals surface area contributed by atoms with Crippen LogP contribution in [0.2, 0.25) is 0 Å². The molecule has 0 aliphatic carbocycles. The summed E-state index contributed by atoms with van der Waals surface area (Å²) < 4.78 is 9.63. The van der Waals surface area contributed by atoms with Gasteiger partial charge in [-0.3, -0.25) is 10.00 Å². The Kier molecular flexibility index (Phi) is 5.17. The zero-order valence-corrected chi connectivity index (χ0v) is 18.7.